The fourth-order valence-corrected chi connectivity index (χ4v) is 1.75. The molecule has 4 heteroatoms. The van der Waals surface area contributed by atoms with Gasteiger partial charge in [0.1, 0.15) is 12.0 Å². The molecular weight excluding hydrogens is 242 g/mol. The van der Waals surface area contributed by atoms with Gasteiger partial charge in [0.05, 0.1) is 0 Å². The first-order valence-electron chi connectivity index (χ1n) is 6.59. The van der Waals surface area contributed by atoms with E-state index >= 15 is 0 Å². The molecule has 1 aromatic rings. The van der Waals surface area contributed by atoms with Crippen molar-refractivity contribution in [3.8, 4) is 5.75 Å². The van der Waals surface area contributed by atoms with Gasteiger partial charge in [-0.05, 0) is 44.5 Å². The van der Waals surface area contributed by atoms with E-state index in [-0.39, 0.29) is 11.9 Å². The SMILES string of the molecule is CCCC(C)NC(=O)C(C)Oc1ccc(C=O)cc1. The molecule has 2 unspecified atom stereocenters. The number of aldehydes is 1. The van der Waals surface area contributed by atoms with E-state index in [0.29, 0.717) is 11.3 Å². The van der Waals surface area contributed by atoms with Crippen LogP contribution in [0.3, 0.4) is 0 Å². The van der Waals surface area contributed by atoms with Gasteiger partial charge in [-0.15, -0.1) is 0 Å². The molecule has 0 fully saturated rings. The van der Waals surface area contributed by atoms with Gasteiger partial charge in [0.15, 0.2) is 6.10 Å². The zero-order valence-electron chi connectivity index (χ0n) is 11.7. The summed E-state index contributed by atoms with van der Waals surface area (Å²) < 4.78 is 5.53. The number of carbonyl (C=O) groups excluding carboxylic acids is 2. The van der Waals surface area contributed by atoms with Crippen LogP contribution in [0.5, 0.6) is 5.75 Å². The van der Waals surface area contributed by atoms with Gasteiger partial charge in [-0.1, -0.05) is 13.3 Å². The lowest BCUT2D eigenvalue weighted by Crippen LogP contribution is -2.41. The summed E-state index contributed by atoms with van der Waals surface area (Å²) in [6, 6.07) is 6.84. The molecule has 19 heavy (non-hydrogen) atoms. The number of amides is 1. The Hall–Kier alpha value is -1.84. The highest BCUT2D eigenvalue weighted by atomic mass is 16.5. The Morgan fingerprint density at radius 3 is 2.47 bits per heavy atom. The van der Waals surface area contributed by atoms with Gasteiger partial charge in [-0.25, -0.2) is 0 Å². The third-order valence-corrected chi connectivity index (χ3v) is 2.81. The van der Waals surface area contributed by atoms with E-state index in [4.69, 9.17) is 4.74 Å². The van der Waals surface area contributed by atoms with Crippen LogP contribution in [0, 0.1) is 0 Å². The molecule has 0 aromatic heterocycles. The fraction of sp³-hybridized carbons (Fsp3) is 0.467. The maximum absolute atomic E-state index is 11.9. The van der Waals surface area contributed by atoms with Crippen LogP contribution < -0.4 is 10.1 Å². The highest BCUT2D eigenvalue weighted by Gasteiger charge is 2.16. The highest BCUT2D eigenvalue weighted by Crippen LogP contribution is 2.13. The molecule has 0 aliphatic rings. The van der Waals surface area contributed by atoms with Gasteiger partial charge in [0.25, 0.3) is 5.91 Å². The lowest BCUT2D eigenvalue weighted by atomic mass is 10.2. The summed E-state index contributed by atoms with van der Waals surface area (Å²) in [6.45, 7) is 5.77. The summed E-state index contributed by atoms with van der Waals surface area (Å²) in [7, 11) is 0. The van der Waals surface area contributed by atoms with Crippen LogP contribution in [0.15, 0.2) is 24.3 Å². The third-order valence-electron chi connectivity index (χ3n) is 2.81. The van der Waals surface area contributed by atoms with E-state index in [2.05, 4.69) is 12.2 Å². The molecule has 0 heterocycles. The van der Waals surface area contributed by atoms with Gasteiger partial charge in [-0.3, -0.25) is 9.59 Å². The zero-order valence-corrected chi connectivity index (χ0v) is 11.7. The second kappa shape index (κ2) is 7.56. The average molecular weight is 263 g/mol. The molecular formula is C15H21NO3. The first-order valence-corrected chi connectivity index (χ1v) is 6.59. The molecule has 104 valence electrons. The lowest BCUT2D eigenvalue weighted by molar-refractivity contribution is -0.127. The molecule has 1 amide bonds. The van der Waals surface area contributed by atoms with Crippen molar-refractivity contribution in [1.29, 1.82) is 0 Å². The summed E-state index contributed by atoms with van der Waals surface area (Å²) in [6.07, 6.45) is 2.20. The van der Waals surface area contributed by atoms with Crippen molar-refractivity contribution in [2.24, 2.45) is 0 Å². The number of hydrogen-bond acceptors (Lipinski definition) is 3. The molecule has 4 nitrogen and oxygen atoms in total. The third kappa shape index (κ3) is 5.12. The van der Waals surface area contributed by atoms with E-state index < -0.39 is 6.10 Å². The quantitative estimate of drug-likeness (QED) is 0.769. The van der Waals surface area contributed by atoms with Crippen LogP contribution in [-0.2, 0) is 4.79 Å². The summed E-state index contributed by atoms with van der Waals surface area (Å²) in [5.74, 6) is 0.455. The number of rotatable bonds is 7. The Labute approximate surface area is 114 Å². The van der Waals surface area contributed by atoms with E-state index in [9.17, 15) is 9.59 Å². The number of carbonyl (C=O) groups is 2. The molecule has 0 saturated heterocycles. The number of benzene rings is 1. The second-order valence-corrected chi connectivity index (χ2v) is 4.65. The van der Waals surface area contributed by atoms with E-state index in [0.717, 1.165) is 19.1 Å². The zero-order chi connectivity index (χ0) is 14.3. The minimum Gasteiger partial charge on any atom is -0.481 e. The summed E-state index contributed by atoms with van der Waals surface area (Å²) >= 11 is 0. The Kier molecular flexibility index (Phi) is 6.06. The molecule has 2 atom stereocenters. The summed E-state index contributed by atoms with van der Waals surface area (Å²) in [4.78, 5) is 22.4. The molecule has 0 aliphatic heterocycles. The minimum atomic E-state index is -0.554. The summed E-state index contributed by atoms with van der Waals surface area (Å²) in [5.41, 5.74) is 0.584. The normalized spacial score (nSPS) is 13.4. The van der Waals surface area contributed by atoms with Crippen molar-refractivity contribution in [1.82, 2.24) is 5.32 Å². The van der Waals surface area contributed by atoms with E-state index in [1.807, 2.05) is 6.92 Å². The van der Waals surface area contributed by atoms with Crippen LogP contribution in [0.2, 0.25) is 0 Å². The van der Waals surface area contributed by atoms with Gasteiger partial charge in [-0.2, -0.15) is 0 Å². The first-order chi connectivity index (χ1) is 9.06. The fourth-order valence-electron chi connectivity index (χ4n) is 1.75. The van der Waals surface area contributed by atoms with Crippen LogP contribution in [0.1, 0.15) is 44.0 Å². The number of ether oxygens (including phenoxy) is 1. The predicted octanol–water partition coefficient (Wildman–Crippen LogP) is 2.57. The molecule has 0 saturated carbocycles. The highest BCUT2D eigenvalue weighted by molar-refractivity contribution is 5.81. The Bertz CT molecular complexity index is 414. The number of nitrogens with one attached hydrogen (secondary N) is 1. The van der Waals surface area contributed by atoms with Crippen LogP contribution in [0.25, 0.3) is 0 Å². The van der Waals surface area contributed by atoms with Gasteiger partial charge in [0.2, 0.25) is 0 Å². The van der Waals surface area contributed by atoms with Crippen LogP contribution in [0.4, 0.5) is 0 Å². The van der Waals surface area contributed by atoms with Crippen molar-refractivity contribution >= 4 is 12.2 Å². The van der Waals surface area contributed by atoms with E-state index in [1.54, 1.807) is 31.2 Å². The van der Waals surface area contributed by atoms with Crippen molar-refractivity contribution in [2.75, 3.05) is 0 Å². The smallest absolute Gasteiger partial charge is 0.260 e. The molecule has 0 bridgehead atoms. The van der Waals surface area contributed by atoms with Gasteiger partial charge >= 0.3 is 0 Å². The largest absolute Gasteiger partial charge is 0.481 e. The van der Waals surface area contributed by atoms with Gasteiger partial charge in [0, 0.05) is 11.6 Å². The van der Waals surface area contributed by atoms with E-state index in [1.165, 1.54) is 0 Å². The topological polar surface area (TPSA) is 55.4 Å². The van der Waals surface area contributed by atoms with Crippen molar-refractivity contribution in [3.63, 3.8) is 0 Å². The summed E-state index contributed by atoms with van der Waals surface area (Å²) in [5, 5.41) is 2.90. The molecule has 0 aliphatic carbocycles. The van der Waals surface area contributed by atoms with Crippen molar-refractivity contribution in [2.45, 2.75) is 45.8 Å². The monoisotopic (exact) mass is 263 g/mol. The lowest BCUT2D eigenvalue weighted by Gasteiger charge is -2.18. The average Bonchev–Trinajstić information content (AvgIpc) is 2.39. The maximum Gasteiger partial charge on any atom is 0.260 e. The standard InChI is InChI=1S/C15H21NO3/c1-4-5-11(2)16-15(18)12(3)19-14-8-6-13(10-17)7-9-14/h6-12H,4-5H2,1-3H3,(H,16,18). The van der Waals surface area contributed by atoms with Gasteiger partial charge < -0.3 is 10.1 Å². The molecule has 0 spiro atoms. The molecule has 1 rings (SSSR count). The maximum atomic E-state index is 11.9. The first kappa shape index (κ1) is 15.2. The Morgan fingerprint density at radius 2 is 1.95 bits per heavy atom. The Morgan fingerprint density at radius 1 is 1.32 bits per heavy atom. The number of hydrogen-bond donors (Lipinski definition) is 1. The molecule has 0 radical (unpaired) electrons. The minimum absolute atomic E-state index is 0.125. The van der Waals surface area contributed by atoms with Crippen molar-refractivity contribution < 1.29 is 14.3 Å². The molecule has 1 aromatic carbocycles. The van der Waals surface area contributed by atoms with Crippen molar-refractivity contribution in [3.05, 3.63) is 29.8 Å². The second-order valence-electron chi connectivity index (χ2n) is 4.65. The Balaban J connectivity index is 2.50. The molecule has 1 N–H and O–H groups in total. The van der Waals surface area contributed by atoms with Crippen LogP contribution in [-0.4, -0.2) is 24.3 Å². The van der Waals surface area contributed by atoms with Crippen LogP contribution >= 0.6 is 0 Å². The predicted molar refractivity (Wildman–Crippen MR) is 74.4 cm³/mol.